The number of hydrogen-bond acceptors (Lipinski definition) is 2. The summed E-state index contributed by atoms with van der Waals surface area (Å²) in [6.45, 7) is 9.42. The van der Waals surface area contributed by atoms with E-state index in [0.29, 0.717) is 0 Å². The van der Waals surface area contributed by atoms with Crippen LogP contribution in [0.3, 0.4) is 0 Å². The molecule has 1 aromatic heterocycles. The van der Waals surface area contributed by atoms with Crippen molar-refractivity contribution >= 4 is 0 Å². The van der Waals surface area contributed by atoms with E-state index < -0.39 is 0 Å². The maximum atomic E-state index is 6.27. The zero-order chi connectivity index (χ0) is 14.0. The fraction of sp³-hybridized carbons (Fsp3) is 0.438. The zero-order valence-electron chi connectivity index (χ0n) is 12.2. The van der Waals surface area contributed by atoms with Crippen LogP contribution in [0.2, 0.25) is 0 Å². The van der Waals surface area contributed by atoms with Gasteiger partial charge in [-0.05, 0) is 23.5 Å². The van der Waals surface area contributed by atoms with Crippen molar-refractivity contribution in [3.05, 3.63) is 53.6 Å². The Kier molecular flexibility index (Phi) is 3.76. The third-order valence-electron chi connectivity index (χ3n) is 3.52. The topological polar surface area (TPSA) is 43.8 Å². The monoisotopic (exact) mass is 257 g/mol. The standard InChI is InChI=1S/C16H23N3/c1-12-18-9-10-19(12)11-15(17)13-5-7-14(8-6-13)16(2,3)4/h5-10,15H,11,17H2,1-4H3. The molecule has 102 valence electrons. The van der Waals surface area contributed by atoms with Gasteiger partial charge in [0.05, 0.1) is 0 Å². The van der Waals surface area contributed by atoms with Crippen molar-refractivity contribution in [1.29, 1.82) is 0 Å². The largest absolute Gasteiger partial charge is 0.333 e. The number of nitrogens with zero attached hydrogens (tertiary/aromatic N) is 2. The fourth-order valence-electron chi connectivity index (χ4n) is 2.14. The molecule has 3 nitrogen and oxygen atoms in total. The summed E-state index contributed by atoms with van der Waals surface area (Å²) < 4.78 is 2.09. The molecule has 1 atom stereocenters. The number of imidazole rings is 1. The summed E-state index contributed by atoms with van der Waals surface area (Å²) in [5.74, 6) is 1.00. The van der Waals surface area contributed by atoms with Gasteiger partial charge in [-0.3, -0.25) is 0 Å². The Hall–Kier alpha value is -1.61. The van der Waals surface area contributed by atoms with Crippen LogP contribution in [0.4, 0.5) is 0 Å². The molecule has 19 heavy (non-hydrogen) atoms. The molecule has 0 radical (unpaired) electrons. The van der Waals surface area contributed by atoms with Gasteiger partial charge < -0.3 is 10.3 Å². The van der Waals surface area contributed by atoms with Crippen molar-refractivity contribution < 1.29 is 0 Å². The third-order valence-corrected chi connectivity index (χ3v) is 3.52. The van der Waals surface area contributed by atoms with Crippen LogP contribution in [0.15, 0.2) is 36.7 Å². The molecule has 0 saturated heterocycles. The van der Waals surface area contributed by atoms with E-state index in [1.165, 1.54) is 11.1 Å². The molecule has 1 heterocycles. The van der Waals surface area contributed by atoms with E-state index in [4.69, 9.17) is 5.73 Å². The lowest BCUT2D eigenvalue weighted by Gasteiger charge is -2.20. The molecule has 3 heteroatoms. The second-order valence-electron chi connectivity index (χ2n) is 6.11. The molecule has 2 aromatic rings. The molecule has 0 fully saturated rings. The lowest BCUT2D eigenvalue weighted by molar-refractivity contribution is 0.562. The van der Waals surface area contributed by atoms with Crippen LogP contribution in [0.1, 0.15) is 43.8 Å². The van der Waals surface area contributed by atoms with Gasteiger partial charge in [-0.15, -0.1) is 0 Å². The van der Waals surface area contributed by atoms with Gasteiger partial charge in [-0.25, -0.2) is 4.98 Å². The van der Waals surface area contributed by atoms with Crippen LogP contribution < -0.4 is 5.73 Å². The predicted octanol–water partition coefficient (Wildman–Crippen LogP) is 3.19. The molecule has 0 spiro atoms. The van der Waals surface area contributed by atoms with Gasteiger partial charge in [0.25, 0.3) is 0 Å². The minimum Gasteiger partial charge on any atom is -0.333 e. The molecule has 2 rings (SSSR count). The molecule has 2 N–H and O–H groups in total. The Morgan fingerprint density at radius 3 is 2.32 bits per heavy atom. The number of aromatic nitrogens is 2. The van der Waals surface area contributed by atoms with Gasteiger partial charge >= 0.3 is 0 Å². The molecule has 0 aliphatic rings. The van der Waals surface area contributed by atoms with E-state index in [1.807, 2.05) is 19.3 Å². The van der Waals surface area contributed by atoms with E-state index in [1.54, 1.807) is 0 Å². The second kappa shape index (κ2) is 5.17. The molecule has 0 aliphatic heterocycles. The maximum Gasteiger partial charge on any atom is 0.105 e. The molecule has 1 unspecified atom stereocenters. The Morgan fingerprint density at radius 1 is 1.21 bits per heavy atom. The van der Waals surface area contributed by atoms with Crippen LogP contribution >= 0.6 is 0 Å². The van der Waals surface area contributed by atoms with E-state index in [9.17, 15) is 0 Å². The summed E-state index contributed by atoms with van der Waals surface area (Å²) in [6.07, 6.45) is 3.78. The molecular formula is C16H23N3. The number of hydrogen-bond donors (Lipinski definition) is 1. The summed E-state index contributed by atoms with van der Waals surface area (Å²) in [5.41, 5.74) is 8.95. The number of rotatable bonds is 3. The SMILES string of the molecule is Cc1nccn1CC(N)c1ccc(C(C)(C)C)cc1. The second-order valence-corrected chi connectivity index (χ2v) is 6.11. The van der Waals surface area contributed by atoms with Gasteiger partial charge in [-0.2, -0.15) is 0 Å². The first-order valence-electron chi connectivity index (χ1n) is 6.71. The van der Waals surface area contributed by atoms with Crippen molar-refractivity contribution in [3.63, 3.8) is 0 Å². The molecule has 1 aromatic carbocycles. The highest BCUT2D eigenvalue weighted by Crippen LogP contribution is 2.23. The van der Waals surface area contributed by atoms with Gasteiger partial charge in [0, 0.05) is 25.0 Å². The molecule has 0 bridgehead atoms. The summed E-state index contributed by atoms with van der Waals surface area (Å²) >= 11 is 0. The van der Waals surface area contributed by atoms with Crippen molar-refractivity contribution in [2.24, 2.45) is 5.73 Å². The van der Waals surface area contributed by atoms with Crippen LogP contribution in [-0.4, -0.2) is 9.55 Å². The molecular weight excluding hydrogens is 234 g/mol. The minimum absolute atomic E-state index is 0.00178. The summed E-state index contributed by atoms with van der Waals surface area (Å²) in [4.78, 5) is 4.22. The van der Waals surface area contributed by atoms with Crippen molar-refractivity contribution in [2.45, 2.75) is 45.7 Å². The normalized spacial score (nSPS) is 13.5. The van der Waals surface area contributed by atoms with E-state index >= 15 is 0 Å². The van der Waals surface area contributed by atoms with Crippen LogP contribution in [0, 0.1) is 6.92 Å². The van der Waals surface area contributed by atoms with Crippen molar-refractivity contribution in [1.82, 2.24) is 9.55 Å². The highest BCUT2D eigenvalue weighted by molar-refractivity contribution is 5.29. The van der Waals surface area contributed by atoms with Crippen LogP contribution in [-0.2, 0) is 12.0 Å². The number of nitrogens with two attached hydrogens (primary N) is 1. The summed E-state index contributed by atoms with van der Waals surface area (Å²) in [7, 11) is 0. The van der Waals surface area contributed by atoms with Crippen molar-refractivity contribution in [3.8, 4) is 0 Å². The molecule has 0 aliphatic carbocycles. The quantitative estimate of drug-likeness (QED) is 0.917. The lowest BCUT2D eigenvalue weighted by atomic mass is 9.86. The van der Waals surface area contributed by atoms with Gasteiger partial charge in [0.2, 0.25) is 0 Å². The van der Waals surface area contributed by atoms with Crippen molar-refractivity contribution in [2.75, 3.05) is 0 Å². The van der Waals surface area contributed by atoms with E-state index in [2.05, 4.69) is 54.6 Å². The van der Waals surface area contributed by atoms with Gasteiger partial charge in [0.15, 0.2) is 0 Å². The molecule has 0 amide bonds. The number of aryl methyl sites for hydroxylation is 1. The van der Waals surface area contributed by atoms with Crippen LogP contribution in [0.5, 0.6) is 0 Å². The maximum absolute atomic E-state index is 6.27. The van der Waals surface area contributed by atoms with Gasteiger partial charge in [-0.1, -0.05) is 45.0 Å². The first-order valence-corrected chi connectivity index (χ1v) is 6.71. The Bertz CT molecular complexity index is 532. The fourth-order valence-corrected chi connectivity index (χ4v) is 2.14. The molecule has 0 saturated carbocycles. The lowest BCUT2D eigenvalue weighted by Crippen LogP contribution is -2.18. The van der Waals surface area contributed by atoms with E-state index in [-0.39, 0.29) is 11.5 Å². The Morgan fingerprint density at radius 2 is 1.84 bits per heavy atom. The van der Waals surface area contributed by atoms with Crippen LogP contribution in [0.25, 0.3) is 0 Å². The smallest absolute Gasteiger partial charge is 0.105 e. The highest BCUT2D eigenvalue weighted by atomic mass is 15.1. The average molecular weight is 257 g/mol. The average Bonchev–Trinajstić information content (AvgIpc) is 2.74. The summed E-state index contributed by atoms with van der Waals surface area (Å²) in [6, 6.07) is 8.63. The minimum atomic E-state index is 0.00178. The first kappa shape index (κ1) is 13.8. The van der Waals surface area contributed by atoms with Gasteiger partial charge in [0.1, 0.15) is 5.82 Å². The predicted molar refractivity (Wildman–Crippen MR) is 79.0 cm³/mol. The summed E-state index contributed by atoms with van der Waals surface area (Å²) in [5, 5.41) is 0. The Balaban J connectivity index is 2.12. The zero-order valence-corrected chi connectivity index (χ0v) is 12.2. The number of benzene rings is 1. The first-order chi connectivity index (χ1) is 8.88. The van der Waals surface area contributed by atoms with E-state index in [0.717, 1.165) is 12.4 Å². The Labute approximate surface area is 115 Å². The highest BCUT2D eigenvalue weighted by Gasteiger charge is 2.14. The third kappa shape index (κ3) is 3.24.